The summed E-state index contributed by atoms with van der Waals surface area (Å²) < 4.78 is 5.77. The van der Waals surface area contributed by atoms with Crippen LogP contribution in [-0.4, -0.2) is 106 Å². The molecule has 270 valence electrons. The van der Waals surface area contributed by atoms with Crippen LogP contribution in [0.2, 0.25) is 0 Å². The quantitative estimate of drug-likeness (QED) is 0.123. The molecule has 3 amide bonds. The van der Waals surface area contributed by atoms with E-state index in [1.807, 2.05) is 105 Å². The van der Waals surface area contributed by atoms with Gasteiger partial charge in [-0.2, -0.15) is 0 Å². The highest BCUT2D eigenvalue weighted by Gasteiger charge is 2.23. The Kier molecular flexibility index (Phi) is 16.1. The van der Waals surface area contributed by atoms with Crippen LogP contribution in [0.15, 0.2) is 78.9 Å². The van der Waals surface area contributed by atoms with Crippen molar-refractivity contribution in [3.63, 3.8) is 0 Å². The molecule has 1 aliphatic rings. The van der Waals surface area contributed by atoms with Gasteiger partial charge < -0.3 is 30.1 Å². The van der Waals surface area contributed by atoms with Crippen molar-refractivity contribution in [2.45, 2.75) is 57.5 Å². The predicted molar refractivity (Wildman–Crippen MR) is 203 cm³/mol. The molecule has 0 bridgehead atoms. The van der Waals surface area contributed by atoms with Crippen LogP contribution in [0.5, 0.6) is 0 Å². The lowest BCUT2D eigenvalue weighted by Crippen LogP contribution is -2.42. The summed E-state index contributed by atoms with van der Waals surface area (Å²) in [6.45, 7) is 5.71. The topological polar surface area (TPSA) is 106 Å². The molecule has 3 aromatic rings. The zero-order valence-electron chi connectivity index (χ0n) is 30.2. The average molecular weight is 685 g/mol. The Balaban J connectivity index is 1.04. The molecule has 3 N–H and O–H groups in total. The van der Waals surface area contributed by atoms with E-state index in [-0.39, 0.29) is 17.9 Å². The summed E-state index contributed by atoms with van der Waals surface area (Å²) in [5, 5.41) is 9.49. The molecule has 0 spiro atoms. The van der Waals surface area contributed by atoms with Crippen LogP contribution in [-0.2, 0) is 9.53 Å². The number of likely N-dealkylation sites (tertiary alicyclic amines) is 1. The summed E-state index contributed by atoms with van der Waals surface area (Å²) in [5.74, 6) is 0.226. The lowest BCUT2D eigenvalue weighted by atomic mass is 10.0. The summed E-state index contributed by atoms with van der Waals surface area (Å²) in [4.78, 5) is 44.1. The van der Waals surface area contributed by atoms with E-state index in [1.54, 1.807) is 4.90 Å². The summed E-state index contributed by atoms with van der Waals surface area (Å²) in [6, 6.07) is 25.4. The zero-order valence-corrected chi connectivity index (χ0v) is 30.2. The highest BCUT2D eigenvalue weighted by atomic mass is 16.6. The number of nitrogens with one attached hydrogen (secondary N) is 3. The first-order chi connectivity index (χ1) is 24.3. The van der Waals surface area contributed by atoms with E-state index in [2.05, 4.69) is 20.9 Å². The Morgan fingerprint density at radius 1 is 0.780 bits per heavy atom. The number of likely N-dealkylation sites (N-methyl/N-ethyl adjacent to an activating group) is 1. The van der Waals surface area contributed by atoms with Crippen LogP contribution in [0.4, 0.5) is 16.2 Å². The van der Waals surface area contributed by atoms with E-state index in [4.69, 9.17) is 4.74 Å². The van der Waals surface area contributed by atoms with E-state index in [1.165, 1.54) is 0 Å². The smallest absolute Gasteiger partial charge is 0.411 e. The van der Waals surface area contributed by atoms with Crippen LogP contribution in [0.3, 0.4) is 0 Å². The molecular formula is C40H56N6O4. The number of piperidine rings is 1. The van der Waals surface area contributed by atoms with Gasteiger partial charge in [0, 0.05) is 76.6 Å². The number of rotatable bonds is 19. The van der Waals surface area contributed by atoms with Gasteiger partial charge in [0.25, 0.3) is 5.91 Å². The molecule has 1 fully saturated rings. The van der Waals surface area contributed by atoms with Crippen molar-refractivity contribution in [3.05, 3.63) is 84.4 Å². The molecule has 1 aliphatic heterocycles. The summed E-state index contributed by atoms with van der Waals surface area (Å²) in [5.41, 5.74) is 4.43. The number of para-hydroxylation sites is 1. The Bertz CT molecular complexity index is 1460. The van der Waals surface area contributed by atoms with Gasteiger partial charge in [-0.3, -0.25) is 14.9 Å². The SMILES string of the molecule is CNCCCCN(C)C(=O)c1ccc(NCCCCCC(=O)N(C)CCN2CCC(OC(=O)Nc3ccccc3-c3ccccc3)CC2)cc1. The Hall–Kier alpha value is -4.41. The number of ether oxygens (including phenoxy) is 1. The molecule has 10 nitrogen and oxygen atoms in total. The van der Waals surface area contributed by atoms with Gasteiger partial charge in [-0.25, -0.2) is 4.79 Å². The highest BCUT2D eigenvalue weighted by Crippen LogP contribution is 2.28. The normalized spacial score (nSPS) is 13.4. The molecule has 0 atom stereocenters. The van der Waals surface area contributed by atoms with Gasteiger partial charge in [0.2, 0.25) is 5.91 Å². The molecule has 50 heavy (non-hydrogen) atoms. The van der Waals surface area contributed by atoms with Crippen molar-refractivity contribution >= 4 is 29.3 Å². The number of unbranched alkanes of at least 4 members (excludes halogenated alkanes) is 3. The van der Waals surface area contributed by atoms with Crippen LogP contribution in [0, 0.1) is 0 Å². The maximum atomic E-state index is 12.7. The Morgan fingerprint density at radius 2 is 1.48 bits per heavy atom. The maximum Gasteiger partial charge on any atom is 0.411 e. The van der Waals surface area contributed by atoms with Gasteiger partial charge >= 0.3 is 6.09 Å². The molecule has 1 heterocycles. The molecule has 1 saturated heterocycles. The first-order valence-corrected chi connectivity index (χ1v) is 18.2. The number of hydrogen-bond acceptors (Lipinski definition) is 7. The fourth-order valence-electron chi connectivity index (χ4n) is 6.12. The second-order valence-corrected chi connectivity index (χ2v) is 13.2. The largest absolute Gasteiger partial charge is 0.446 e. The van der Waals surface area contributed by atoms with E-state index in [9.17, 15) is 14.4 Å². The second kappa shape index (κ2) is 21.0. The van der Waals surface area contributed by atoms with Gasteiger partial charge in [-0.1, -0.05) is 55.0 Å². The number of hydrogen-bond donors (Lipinski definition) is 3. The van der Waals surface area contributed by atoms with Crippen molar-refractivity contribution in [1.82, 2.24) is 20.0 Å². The first-order valence-electron chi connectivity index (χ1n) is 18.2. The fourth-order valence-corrected chi connectivity index (χ4v) is 6.12. The number of benzene rings is 3. The number of amides is 3. The molecule has 3 aromatic carbocycles. The third kappa shape index (κ3) is 12.8. The number of nitrogens with zero attached hydrogens (tertiary/aromatic N) is 3. The van der Waals surface area contributed by atoms with E-state index in [0.717, 1.165) is 107 Å². The third-order valence-electron chi connectivity index (χ3n) is 9.28. The third-order valence-corrected chi connectivity index (χ3v) is 9.28. The van der Waals surface area contributed by atoms with E-state index in [0.29, 0.717) is 18.5 Å². The number of carbonyl (C=O) groups is 3. The van der Waals surface area contributed by atoms with Crippen molar-refractivity contribution in [3.8, 4) is 11.1 Å². The second-order valence-electron chi connectivity index (χ2n) is 13.2. The highest BCUT2D eigenvalue weighted by molar-refractivity contribution is 5.94. The van der Waals surface area contributed by atoms with Gasteiger partial charge in [0.15, 0.2) is 0 Å². The Morgan fingerprint density at radius 3 is 2.22 bits per heavy atom. The molecule has 0 radical (unpaired) electrons. The molecule has 0 aliphatic carbocycles. The molecule has 10 heteroatoms. The van der Waals surface area contributed by atoms with Crippen molar-refractivity contribution < 1.29 is 19.1 Å². The lowest BCUT2D eigenvalue weighted by Gasteiger charge is -2.32. The first kappa shape index (κ1) is 38.4. The van der Waals surface area contributed by atoms with Gasteiger partial charge in [0.05, 0.1) is 5.69 Å². The maximum absolute atomic E-state index is 12.7. The van der Waals surface area contributed by atoms with Crippen LogP contribution >= 0.6 is 0 Å². The molecule has 0 unspecified atom stereocenters. The van der Waals surface area contributed by atoms with Crippen molar-refractivity contribution in [2.24, 2.45) is 0 Å². The minimum absolute atomic E-state index is 0.0496. The van der Waals surface area contributed by atoms with Crippen LogP contribution in [0.25, 0.3) is 11.1 Å². The standard InChI is InChI=1S/C40H56N6O4/c1-41-25-12-13-27-45(3)39(48)33-19-21-34(22-20-33)42-26-11-5-8-18-38(47)44(2)30-31-46-28-23-35(24-29-46)50-40(49)43-37-17-10-9-16-36(37)32-14-6-4-7-15-32/h4,6-7,9-10,14-17,19-22,35,41-42H,5,8,11-13,18,23-31H2,1-3H3,(H,43,49). The molecule has 0 aromatic heterocycles. The van der Waals surface area contributed by atoms with Gasteiger partial charge in [-0.15, -0.1) is 0 Å². The fraction of sp³-hybridized carbons (Fsp3) is 0.475. The van der Waals surface area contributed by atoms with Crippen LogP contribution in [0.1, 0.15) is 61.7 Å². The molecule has 0 saturated carbocycles. The van der Waals surface area contributed by atoms with Gasteiger partial charge in [-0.05, 0) is 88.0 Å². The summed E-state index contributed by atoms with van der Waals surface area (Å²) in [6.07, 6.45) is 6.39. The van der Waals surface area contributed by atoms with E-state index >= 15 is 0 Å². The average Bonchev–Trinajstić information content (AvgIpc) is 3.14. The minimum atomic E-state index is -0.426. The summed E-state index contributed by atoms with van der Waals surface area (Å²) in [7, 11) is 5.68. The monoisotopic (exact) mass is 684 g/mol. The van der Waals surface area contributed by atoms with Gasteiger partial charge in [0.1, 0.15) is 6.10 Å². The lowest BCUT2D eigenvalue weighted by molar-refractivity contribution is -0.130. The van der Waals surface area contributed by atoms with Crippen molar-refractivity contribution in [2.75, 3.05) is 77.6 Å². The van der Waals surface area contributed by atoms with E-state index < -0.39 is 6.09 Å². The minimum Gasteiger partial charge on any atom is -0.446 e. The number of carbonyl (C=O) groups excluding carboxylic acids is 3. The summed E-state index contributed by atoms with van der Waals surface area (Å²) >= 11 is 0. The van der Waals surface area contributed by atoms with Crippen molar-refractivity contribution in [1.29, 1.82) is 0 Å². The Labute approximate surface area is 298 Å². The predicted octanol–water partition coefficient (Wildman–Crippen LogP) is 6.57. The molecule has 4 rings (SSSR count). The molecular weight excluding hydrogens is 628 g/mol. The van der Waals surface area contributed by atoms with Crippen LogP contribution < -0.4 is 16.0 Å². The number of anilines is 2. The zero-order chi connectivity index (χ0) is 35.6.